The highest BCUT2D eigenvalue weighted by Gasteiger charge is 2.22. The molecule has 0 radical (unpaired) electrons. The average molecular weight is 277 g/mol. The largest absolute Gasteiger partial charge is 0.373 e. The Morgan fingerprint density at radius 3 is 2.35 bits per heavy atom. The van der Waals surface area contributed by atoms with Gasteiger partial charge in [0.1, 0.15) is 0 Å². The Balaban J connectivity index is 2.47. The van der Waals surface area contributed by atoms with Crippen LogP contribution in [-0.4, -0.2) is 44.0 Å². The molecule has 2 atom stereocenters. The van der Waals surface area contributed by atoms with Crippen LogP contribution in [0.1, 0.15) is 20.3 Å². The predicted molar refractivity (Wildman–Crippen MR) is 84.8 cm³/mol. The lowest BCUT2D eigenvalue weighted by Gasteiger charge is -2.27. The molecule has 4 nitrogen and oxygen atoms in total. The Kier molecular flexibility index (Phi) is 6.52. The summed E-state index contributed by atoms with van der Waals surface area (Å²) >= 11 is 0. The van der Waals surface area contributed by atoms with Crippen LogP contribution in [0.2, 0.25) is 0 Å². The first-order valence-corrected chi connectivity index (χ1v) is 7.24. The van der Waals surface area contributed by atoms with Gasteiger partial charge in [0.15, 0.2) is 0 Å². The van der Waals surface area contributed by atoms with Crippen LogP contribution in [-0.2, 0) is 4.79 Å². The number of nitrogens with zero attached hydrogens (tertiary/aromatic N) is 2. The van der Waals surface area contributed by atoms with Crippen LogP contribution in [0, 0.1) is 5.92 Å². The fourth-order valence-corrected chi connectivity index (χ4v) is 1.97. The smallest absolute Gasteiger partial charge is 0.239 e. The number of carbonyl (C=O) groups excluding carboxylic acids is 1. The second-order valence-electron chi connectivity index (χ2n) is 5.43. The molecule has 0 aliphatic heterocycles. The van der Waals surface area contributed by atoms with E-state index in [2.05, 4.69) is 24.0 Å². The number of anilines is 1. The van der Waals surface area contributed by atoms with Crippen molar-refractivity contribution in [1.82, 2.24) is 4.90 Å². The minimum absolute atomic E-state index is 0.0285. The lowest BCUT2D eigenvalue weighted by atomic mass is 9.99. The van der Waals surface area contributed by atoms with Crippen molar-refractivity contribution < 1.29 is 4.79 Å². The number of para-hydroxylation sites is 1. The number of hydrogen-bond donors (Lipinski definition) is 1. The highest BCUT2D eigenvalue weighted by molar-refractivity contribution is 5.81. The van der Waals surface area contributed by atoms with E-state index in [0.29, 0.717) is 6.54 Å². The van der Waals surface area contributed by atoms with E-state index in [9.17, 15) is 4.79 Å². The van der Waals surface area contributed by atoms with Gasteiger partial charge < -0.3 is 15.5 Å². The molecule has 1 aromatic carbocycles. The van der Waals surface area contributed by atoms with Crippen molar-refractivity contribution in [3.05, 3.63) is 30.3 Å². The van der Waals surface area contributed by atoms with E-state index in [1.165, 1.54) is 0 Å². The van der Waals surface area contributed by atoms with Crippen LogP contribution in [0.4, 0.5) is 5.69 Å². The van der Waals surface area contributed by atoms with E-state index in [4.69, 9.17) is 5.73 Å². The van der Waals surface area contributed by atoms with Gasteiger partial charge >= 0.3 is 0 Å². The van der Waals surface area contributed by atoms with Crippen LogP contribution in [0.5, 0.6) is 0 Å². The highest BCUT2D eigenvalue weighted by atomic mass is 16.2. The van der Waals surface area contributed by atoms with Gasteiger partial charge in [-0.15, -0.1) is 0 Å². The maximum absolute atomic E-state index is 12.2. The van der Waals surface area contributed by atoms with Crippen LogP contribution < -0.4 is 10.6 Å². The fourth-order valence-electron chi connectivity index (χ4n) is 1.97. The van der Waals surface area contributed by atoms with E-state index < -0.39 is 6.04 Å². The maximum Gasteiger partial charge on any atom is 0.239 e. The molecule has 1 amide bonds. The third kappa shape index (κ3) is 4.53. The van der Waals surface area contributed by atoms with Crippen LogP contribution >= 0.6 is 0 Å². The zero-order valence-corrected chi connectivity index (χ0v) is 13.0. The molecule has 4 heteroatoms. The number of amides is 1. The molecule has 0 bridgehead atoms. The second-order valence-corrected chi connectivity index (χ2v) is 5.43. The number of hydrogen-bond acceptors (Lipinski definition) is 3. The molecular weight excluding hydrogens is 250 g/mol. The van der Waals surface area contributed by atoms with Crippen molar-refractivity contribution >= 4 is 11.6 Å². The van der Waals surface area contributed by atoms with Gasteiger partial charge in [-0.05, 0) is 18.1 Å². The van der Waals surface area contributed by atoms with Gasteiger partial charge in [-0.25, -0.2) is 0 Å². The predicted octanol–water partition coefficient (Wildman–Crippen LogP) is 1.95. The van der Waals surface area contributed by atoms with E-state index in [1.54, 1.807) is 4.90 Å². The molecule has 1 rings (SSSR count). The molecule has 0 aromatic heterocycles. The molecule has 0 spiro atoms. The van der Waals surface area contributed by atoms with Crippen molar-refractivity contribution in [1.29, 1.82) is 0 Å². The topological polar surface area (TPSA) is 49.6 Å². The molecule has 0 heterocycles. The van der Waals surface area contributed by atoms with Crippen molar-refractivity contribution in [2.24, 2.45) is 11.7 Å². The molecule has 0 aliphatic rings. The lowest BCUT2D eigenvalue weighted by Crippen LogP contribution is -2.47. The van der Waals surface area contributed by atoms with Crippen molar-refractivity contribution in [3.63, 3.8) is 0 Å². The van der Waals surface area contributed by atoms with Gasteiger partial charge in [0.05, 0.1) is 6.04 Å². The summed E-state index contributed by atoms with van der Waals surface area (Å²) in [5, 5.41) is 0. The van der Waals surface area contributed by atoms with E-state index in [-0.39, 0.29) is 11.8 Å². The Bertz CT molecular complexity index is 407. The standard InChI is InChI=1S/C16H27N3O/c1-5-13(2)15(17)16(20)19(4)12-11-18(3)14-9-7-6-8-10-14/h6-10,13,15H,5,11-12,17H2,1-4H3. The molecule has 0 fully saturated rings. The normalized spacial score (nSPS) is 13.7. The summed E-state index contributed by atoms with van der Waals surface area (Å²) in [6, 6.07) is 9.75. The van der Waals surface area contributed by atoms with Gasteiger partial charge in [0.25, 0.3) is 0 Å². The van der Waals surface area contributed by atoms with Gasteiger partial charge in [-0.3, -0.25) is 4.79 Å². The molecular formula is C16H27N3O. The Morgan fingerprint density at radius 2 is 1.80 bits per heavy atom. The van der Waals surface area contributed by atoms with Gasteiger partial charge in [0.2, 0.25) is 5.91 Å². The zero-order chi connectivity index (χ0) is 15.1. The van der Waals surface area contributed by atoms with Gasteiger partial charge in [-0.2, -0.15) is 0 Å². The first-order chi connectivity index (χ1) is 9.47. The third-order valence-corrected chi connectivity index (χ3v) is 3.89. The summed E-state index contributed by atoms with van der Waals surface area (Å²) in [4.78, 5) is 16.0. The zero-order valence-electron chi connectivity index (χ0n) is 13.0. The maximum atomic E-state index is 12.2. The molecule has 1 aromatic rings. The van der Waals surface area contributed by atoms with Crippen LogP contribution in [0.3, 0.4) is 0 Å². The molecule has 0 saturated heterocycles. The summed E-state index contributed by atoms with van der Waals surface area (Å²) in [5.74, 6) is 0.248. The van der Waals surface area contributed by atoms with Crippen LogP contribution in [0.15, 0.2) is 30.3 Å². The summed E-state index contributed by atoms with van der Waals surface area (Å²) in [6.07, 6.45) is 0.921. The Hall–Kier alpha value is -1.55. The molecule has 2 unspecified atom stereocenters. The van der Waals surface area contributed by atoms with E-state index >= 15 is 0 Å². The SMILES string of the molecule is CCC(C)C(N)C(=O)N(C)CCN(C)c1ccccc1. The molecule has 112 valence electrons. The number of benzene rings is 1. The monoisotopic (exact) mass is 277 g/mol. The minimum Gasteiger partial charge on any atom is -0.373 e. The Morgan fingerprint density at radius 1 is 1.20 bits per heavy atom. The summed E-state index contributed by atoms with van der Waals surface area (Å²) < 4.78 is 0. The summed E-state index contributed by atoms with van der Waals surface area (Å²) in [6.45, 7) is 5.54. The second kappa shape index (κ2) is 7.90. The van der Waals surface area contributed by atoms with Crippen molar-refractivity contribution in [2.45, 2.75) is 26.3 Å². The number of carbonyl (C=O) groups is 1. The quantitative estimate of drug-likeness (QED) is 0.829. The minimum atomic E-state index is -0.396. The van der Waals surface area contributed by atoms with Crippen molar-refractivity contribution in [2.75, 3.05) is 32.1 Å². The molecule has 20 heavy (non-hydrogen) atoms. The van der Waals surface area contributed by atoms with E-state index in [0.717, 1.165) is 18.7 Å². The first kappa shape index (κ1) is 16.5. The fraction of sp³-hybridized carbons (Fsp3) is 0.562. The van der Waals surface area contributed by atoms with Crippen LogP contribution in [0.25, 0.3) is 0 Å². The van der Waals surface area contributed by atoms with E-state index in [1.807, 2.05) is 39.2 Å². The summed E-state index contributed by atoms with van der Waals surface area (Å²) in [7, 11) is 3.85. The average Bonchev–Trinajstić information content (AvgIpc) is 2.50. The first-order valence-electron chi connectivity index (χ1n) is 7.24. The van der Waals surface area contributed by atoms with Crippen molar-refractivity contribution in [3.8, 4) is 0 Å². The third-order valence-electron chi connectivity index (χ3n) is 3.89. The number of likely N-dealkylation sites (N-methyl/N-ethyl adjacent to an activating group) is 2. The van der Waals surface area contributed by atoms with Gasteiger partial charge in [0, 0.05) is 32.9 Å². The molecule has 2 N–H and O–H groups in total. The number of nitrogens with two attached hydrogens (primary N) is 1. The van der Waals surface area contributed by atoms with Gasteiger partial charge in [-0.1, -0.05) is 38.5 Å². The molecule has 0 saturated carbocycles. The Labute approximate surface area is 122 Å². The summed E-state index contributed by atoms with van der Waals surface area (Å²) in [5.41, 5.74) is 7.14. The lowest BCUT2D eigenvalue weighted by molar-refractivity contribution is -0.132. The number of rotatable bonds is 7. The highest BCUT2D eigenvalue weighted by Crippen LogP contribution is 2.11. The molecule has 0 aliphatic carbocycles.